The molecule has 2 rings (SSSR count). The van der Waals surface area contributed by atoms with Crippen LogP contribution in [0, 0.1) is 0 Å². The van der Waals surface area contributed by atoms with Gasteiger partial charge in [-0.1, -0.05) is 6.07 Å². The maximum absolute atomic E-state index is 11.2. The van der Waals surface area contributed by atoms with Crippen LogP contribution in [0.1, 0.15) is 10.5 Å². The van der Waals surface area contributed by atoms with Gasteiger partial charge in [-0.25, -0.2) is 4.98 Å². The quantitative estimate of drug-likeness (QED) is 0.822. The summed E-state index contributed by atoms with van der Waals surface area (Å²) in [6, 6.07) is 7.17. The molecule has 2 aromatic rings. The number of methoxy groups -OCH3 is 1. The first kappa shape index (κ1) is 11.8. The highest BCUT2D eigenvalue weighted by molar-refractivity contribution is 5.95. The van der Waals surface area contributed by atoms with E-state index in [0.717, 1.165) is 0 Å². The second-order valence-electron chi connectivity index (χ2n) is 3.38. The van der Waals surface area contributed by atoms with Crippen molar-refractivity contribution in [3.05, 3.63) is 36.3 Å². The van der Waals surface area contributed by atoms with Crippen molar-refractivity contribution in [3.63, 3.8) is 0 Å². The van der Waals surface area contributed by atoms with Crippen LogP contribution in [0.4, 0.5) is 11.5 Å². The molecular formula is C11H11N5O2. The Hall–Kier alpha value is -2.70. The minimum absolute atomic E-state index is 0.0136. The molecule has 1 amide bonds. The van der Waals surface area contributed by atoms with Crippen LogP contribution >= 0.6 is 0 Å². The molecule has 0 aliphatic rings. The smallest absolute Gasteiger partial charge is 0.273 e. The number of nitrogens with one attached hydrogen (secondary N) is 1. The third-order valence-corrected chi connectivity index (χ3v) is 2.19. The third-order valence-electron chi connectivity index (χ3n) is 2.19. The molecule has 0 bridgehead atoms. The maximum Gasteiger partial charge on any atom is 0.273 e. The zero-order valence-corrected chi connectivity index (χ0v) is 9.62. The van der Waals surface area contributed by atoms with E-state index in [0.29, 0.717) is 11.4 Å². The summed E-state index contributed by atoms with van der Waals surface area (Å²) in [5.41, 5.74) is 5.87. The molecule has 0 fully saturated rings. The third kappa shape index (κ3) is 2.51. The summed E-state index contributed by atoms with van der Waals surface area (Å²) < 4.78 is 5.09. The van der Waals surface area contributed by atoms with Crippen molar-refractivity contribution in [1.82, 2.24) is 15.2 Å². The molecule has 0 atom stereocenters. The van der Waals surface area contributed by atoms with E-state index in [-0.39, 0.29) is 11.5 Å². The van der Waals surface area contributed by atoms with Gasteiger partial charge in [-0.15, -0.1) is 10.2 Å². The van der Waals surface area contributed by atoms with Crippen LogP contribution in [0.2, 0.25) is 0 Å². The number of nitrogens with zero attached hydrogens (tertiary/aromatic N) is 3. The number of amides is 1. The molecule has 7 heteroatoms. The molecule has 0 aliphatic heterocycles. The number of anilines is 2. The SMILES string of the molecule is COc1cccc(Nc2ncnnc2C(N)=O)c1. The summed E-state index contributed by atoms with van der Waals surface area (Å²) in [5.74, 6) is 0.245. The lowest BCUT2D eigenvalue weighted by Crippen LogP contribution is -2.17. The second-order valence-corrected chi connectivity index (χ2v) is 3.38. The van der Waals surface area contributed by atoms with Gasteiger partial charge in [0.1, 0.15) is 12.1 Å². The van der Waals surface area contributed by atoms with E-state index in [1.54, 1.807) is 31.4 Å². The van der Waals surface area contributed by atoms with Crippen LogP contribution in [-0.2, 0) is 0 Å². The number of benzene rings is 1. The Morgan fingerprint density at radius 3 is 3.00 bits per heavy atom. The Morgan fingerprint density at radius 1 is 1.44 bits per heavy atom. The van der Waals surface area contributed by atoms with Gasteiger partial charge in [-0.2, -0.15) is 0 Å². The van der Waals surface area contributed by atoms with Crippen LogP contribution in [0.25, 0.3) is 0 Å². The molecule has 7 nitrogen and oxygen atoms in total. The van der Waals surface area contributed by atoms with Gasteiger partial charge in [0.05, 0.1) is 7.11 Å². The molecule has 1 heterocycles. The zero-order valence-electron chi connectivity index (χ0n) is 9.62. The molecule has 92 valence electrons. The second kappa shape index (κ2) is 5.09. The summed E-state index contributed by atoms with van der Waals surface area (Å²) in [5, 5.41) is 10.1. The number of hydrogen-bond donors (Lipinski definition) is 2. The van der Waals surface area contributed by atoms with E-state index in [2.05, 4.69) is 20.5 Å². The standard InChI is InChI=1S/C11H11N5O2/c1-18-8-4-2-3-7(5-8)15-11-9(10(12)17)16-14-6-13-11/h2-6H,1H3,(H2,12,17)(H,13,14,15). The molecule has 0 saturated heterocycles. The Balaban J connectivity index is 2.31. The van der Waals surface area contributed by atoms with E-state index in [1.165, 1.54) is 6.33 Å². The average molecular weight is 245 g/mol. The van der Waals surface area contributed by atoms with Crippen LogP contribution in [0.3, 0.4) is 0 Å². The number of primary amides is 1. The lowest BCUT2D eigenvalue weighted by Gasteiger charge is -2.08. The van der Waals surface area contributed by atoms with Gasteiger partial charge in [-0.3, -0.25) is 4.79 Å². The largest absolute Gasteiger partial charge is 0.497 e. The highest BCUT2D eigenvalue weighted by Crippen LogP contribution is 2.20. The summed E-state index contributed by atoms with van der Waals surface area (Å²) in [7, 11) is 1.57. The van der Waals surface area contributed by atoms with Crippen LogP contribution in [-0.4, -0.2) is 28.2 Å². The number of nitrogens with two attached hydrogens (primary N) is 1. The summed E-state index contributed by atoms with van der Waals surface area (Å²) in [6.45, 7) is 0. The highest BCUT2D eigenvalue weighted by atomic mass is 16.5. The van der Waals surface area contributed by atoms with Gasteiger partial charge in [-0.05, 0) is 12.1 Å². The number of aromatic nitrogens is 3. The van der Waals surface area contributed by atoms with Gasteiger partial charge in [0, 0.05) is 11.8 Å². The number of rotatable bonds is 4. The summed E-state index contributed by atoms with van der Waals surface area (Å²) in [4.78, 5) is 15.1. The Labute approximate surface area is 103 Å². The zero-order chi connectivity index (χ0) is 13.0. The van der Waals surface area contributed by atoms with Crippen molar-refractivity contribution in [1.29, 1.82) is 0 Å². The maximum atomic E-state index is 11.2. The Kier molecular flexibility index (Phi) is 3.33. The first-order valence-corrected chi connectivity index (χ1v) is 5.09. The van der Waals surface area contributed by atoms with Crippen molar-refractivity contribution < 1.29 is 9.53 Å². The fourth-order valence-electron chi connectivity index (χ4n) is 1.37. The van der Waals surface area contributed by atoms with Crippen LogP contribution in [0.5, 0.6) is 5.75 Å². The highest BCUT2D eigenvalue weighted by Gasteiger charge is 2.11. The molecule has 1 aromatic carbocycles. The lowest BCUT2D eigenvalue weighted by molar-refractivity contribution is 0.0995. The van der Waals surface area contributed by atoms with E-state index < -0.39 is 5.91 Å². The van der Waals surface area contributed by atoms with Crippen molar-refractivity contribution >= 4 is 17.4 Å². The monoisotopic (exact) mass is 245 g/mol. The molecule has 0 aliphatic carbocycles. The number of carbonyl (C=O) groups excluding carboxylic acids is 1. The molecule has 0 saturated carbocycles. The van der Waals surface area contributed by atoms with Gasteiger partial charge in [0.2, 0.25) is 0 Å². The number of hydrogen-bond acceptors (Lipinski definition) is 6. The van der Waals surface area contributed by atoms with E-state index in [1.807, 2.05) is 0 Å². The first-order valence-electron chi connectivity index (χ1n) is 5.09. The first-order chi connectivity index (χ1) is 8.70. The summed E-state index contributed by atoms with van der Waals surface area (Å²) in [6.07, 6.45) is 1.23. The van der Waals surface area contributed by atoms with Gasteiger partial charge >= 0.3 is 0 Å². The fourth-order valence-corrected chi connectivity index (χ4v) is 1.37. The van der Waals surface area contributed by atoms with Crippen LogP contribution in [0.15, 0.2) is 30.6 Å². The Morgan fingerprint density at radius 2 is 2.28 bits per heavy atom. The van der Waals surface area contributed by atoms with E-state index in [9.17, 15) is 4.79 Å². The van der Waals surface area contributed by atoms with Gasteiger partial charge in [0.15, 0.2) is 11.5 Å². The fraction of sp³-hybridized carbons (Fsp3) is 0.0909. The normalized spacial score (nSPS) is 9.83. The summed E-state index contributed by atoms with van der Waals surface area (Å²) >= 11 is 0. The minimum atomic E-state index is -0.694. The van der Waals surface area contributed by atoms with Crippen molar-refractivity contribution in [2.75, 3.05) is 12.4 Å². The average Bonchev–Trinajstić information content (AvgIpc) is 2.39. The molecule has 0 radical (unpaired) electrons. The molecular weight excluding hydrogens is 234 g/mol. The Bertz CT molecular complexity index is 573. The lowest BCUT2D eigenvalue weighted by atomic mass is 10.3. The number of ether oxygens (including phenoxy) is 1. The van der Waals surface area contributed by atoms with E-state index >= 15 is 0 Å². The molecule has 3 N–H and O–H groups in total. The van der Waals surface area contributed by atoms with Gasteiger partial charge in [0.25, 0.3) is 5.91 Å². The van der Waals surface area contributed by atoms with Crippen molar-refractivity contribution in [3.8, 4) is 5.75 Å². The van der Waals surface area contributed by atoms with Crippen LogP contribution < -0.4 is 15.8 Å². The minimum Gasteiger partial charge on any atom is -0.497 e. The molecule has 18 heavy (non-hydrogen) atoms. The number of carbonyl (C=O) groups is 1. The topological polar surface area (TPSA) is 103 Å². The van der Waals surface area contributed by atoms with Gasteiger partial charge < -0.3 is 15.8 Å². The van der Waals surface area contributed by atoms with E-state index in [4.69, 9.17) is 10.5 Å². The predicted octanol–water partition coefficient (Wildman–Crippen LogP) is 0.723. The molecule has 0 unspecified atom stereocenters. The predicted molar refractivity (Wildman–Crippen MR) is 64.6 cm³/mol. The molecule has 1 aromatic heterocycles. The van der Waals surface area contributed by atoms with Crippen molar-refractivity contribution in [2.45, 2.75) is 0 Å². The van der Waals surface area contributed by atoms with Crippen molar-refractivity contribution in [2.24, 2.45) is 5.73 Å². The molecule has 0 spiro atoms.